The second kappa shape index (κ2) is 10.0. The summed E-state index contributed by atoms with van der Waals surface area (Å²) in [6.07, 6.45) is 1.81. The summed E-state index contributed by atoms with van der Waals surface area (Å²) >= 11 is 6.12. The summed E-state index contributed by atoms with van der Waals surface area (Å²) in [4.78, 5) is 15.0. The number of anilines is 1. The number of hydrogen-bond donors (Lipinski definition) is 1. The maximum absolute atomic E-state index is 13.6. The average molecular weight is 556 g/mol. The minimum atomic E-state index is -4.00. The van der Waals surface area contributed by atoms with E-state index in [0.717, 1.165) is 29.5 Å². The highest BCUT2D eigenvalue weighted by molar-refractivity contribution is 7.92. The van der Waals surface area contributed by atoms with Gasteiger partial charge in [0.05, 0.1) is 26.9 Å². The molecule has 38 heavy (non-hydrogen) atoms. The van der Waals surface area contributed by atoms with Crippen molar-refractivity contribution in [1.29, 1.82) is 5.26 Å². The van der Waals surface area contributed by atoms with Crippen LogP contribution >= 0.6 is 11.6 Å². The van der Waals surface area contributed by atoms with Crippen LogP contribution in [-0.4, -0.2) is 47.5 Å². The van der Waals surface area contributed by atoms with Crippen LogP contribution in [0.25, 0.3) is 0 Å². The Kier molecular flexibility index (Phi) is 6.92. The van der Waals surface area contributed by atoms with E-state index in [1.54, 1.807) is 9.58 Å². The first-order valence-electron chi connectivity index (χ1n) is 12.4. The van der Waals surface area contributed by atoms with Gasteiger partial charge in [-0.1, -0.05) is 41.9 Å². The van der Waals surface area contributed by atoms with Gasteiger partial charge >= 0.3 is 0 Å². The predicted octanol–water partition coefficient (Wildman–Crippen LogP) is 3.82. The number of hydrogen-bond acceptors (Lipinski definition) is 6. The van der Waals surface area contributed by atoms with E-state index in [1.165, 1.54) is 0 Å². The first-order valence-corrected chi connectivity index (χ1v) is 14.3. The van der Waals surface area contributed by atoms with Crippen LogP contribution in [0.2, 0.25) is 5.02 Å². The Morgan fingerprint density at radius 3 is 2.63 bits per heavy atom. The smallest absolute Gasteiger partial charge is 0.244 e. The average Bonchev–Trinajstić information content (AvgIpc) is 3.33. The van der Waals surface area contributed by atoms with Gasteiger partial charge in [0.25, 0.3) is 0 Å². The van der Waals surface area contributed by atoms with Crippen molar-refractivity contribution in [1.82, 2.24) is 15.1 Å². The first kappa shape index (κ1) is 26.2. The van der Waals surface area contributed by atoms with E-state index in [4.69, 9.17) is 11.6 Å². The Labute approximate surface area is 225 Å². The highest BCUT2D eigenvalue weighted by atomic mass is 35.5. The predicted molar refractivity (Wildman–Crippen MR) is 141 cm³/mol. The number of carbonyl (C=O) groups is 1. The fourth-order valence-electron chi connectivity index (χ4n) is 4.93. The molecule has 5 rings (SSSR count). The summed E-state index contributed by atoms with van der Waals surface area (Å²) < 4.78 is 42.7. The van der Waals surface area contributed by atoms with Gasteiger partial charge in [0, 0.05) is 19.2 Å². The van der Waals surface area contributed by atoms with Crippen molar-refractivity contribution < 1.29 is 17.6 Å². The third-order valence-electron chi connectivity index (χ3n) is 7.16. The lowest BCUT2D eigenvalue weighted by Crippen LogP contribution is -2.48. The molecule has 2 unspecified atom stereocenters. The van der Waals surface area contributed by atoms with Crippen LogP contribution in [0, 0.1) is 24.1 Å². The molecule has 1 N–H and O–H groups in total. The number of nitrogens with one attached hydrogen (secondary N) is 1. The molecule has 2 heterocycles. The van der Waals surface area contributed by atoms with Crippen molar-refractivity contribution >= 4 is 33.2 Å². The van der Waals surface area contributed by atoms with E-state index < -0.39 is 38.4 Å². The largest absolute Gasteiger partial charge is 0.343 e. The number of amides is 1. The van der Waals surface area contributed by atoms with Crippen LogP contribution in [-0.2, 0) is 27.6 Å². The van der Waals surface area contributed by atoms with Gasteiger partial charge in [0.2, 0.25) is 5.91 Å². The molecule has 2 aliphatic rings. The van der Waals surface area contributed by atoms with Crippen molar-refractivity contribution in [3.8, 4) is 6.07 Å². The number of rotatable bonds is 8. The lowest BCUT2D eigenvalue weighted by atomic mass is 10.1. The maximum atomic E-state index is 13.6. The zero-order valence-corrected chi connectivity index (χ0v) is 22.3. The molecule has 198 valence electrons. The van der Waals surface area contributed by atoms with Gasteiger partial charge in [-0.2, -0.15) is 10.4 Å². The summed E-state index contributed by atoms with van der Waals surface area (Å²) in [6.45, 7) is 2.39. The van der Waals surface area contributed by atoms with Crippen LogP contribution in [0.4, 0.5) is 10.2 Å². The molecule has 2 aromatic carbocycles. The monoisotopic (exact) mass is 555 g/mol. The molecular weight excluding hydrogens is 529 g/mol. The molecule has 1 saturated carbocycles. The molecule has 1 amide bonds. The zero-order chi connectivity index (χ0) is 27.1. The molecule has 1 saturated heterocycles. The van der Waals surface area contributed by atoms with Crippen molar-refractivity contribution in [2.75, 3.05) is 11.4 Å². The number of benzene rings is 2. The van der Waals surface area contributed by atoms with E-state index in [9.17, 15) is 22.9 Å². The summed E-state index contributed by atoms with van der Waals surface area (Å²) in [6, 6.07) is 16.3. The van der Waals surface area contributed by atoms with Gasteiger partial charge in [-0.3, -0.25) is 4.79 Å². The number of nitriles is 1. The topological polar surface area (TPSA) is 108 Å². The Bertz CT molecular complexity index is 1520. The lowest BCUT2D eigenvalue weighted by Gasteiger charge is -2.27. The maximum Gasteiger partial charge on any atom is 0.244 e. The molecule has 0 spiro atoms. The van der Waals surface area contributed by atoms with Crippen LogP contribution in [0.3, 0.4) is 0 Å². The Balaban J connectivity index is 1.47. The normalized spacial score (nSPS) is 20.2. The Hall–Kier alpha value is -3.42. The second-order valence-corrected chi connectivity index (χ2v) is 12.5. The van der Waals surface area contributed by atoms with Crippen LogP contribution in [0.1, 0.15) is 30.5 Å². The van der Waals surface area contributed by atoms with Gasteiger partial charge in [-0.05, 0) is 56.4 Å². The number of halogens is 2. The van der Waals surface area contributed by atoms with Crippen LogP contribution in [0.15, 0.2) is 59.5 Å². The molecule has 1 aliphatic carbocycles. The molecule has 11 heteroatoms. The van der Waals surface area contributed by atoms with Crippen molar-refractivity contribution in [3.05, 3.63) is 76.7 Å². The van der Waals surface area contributed by atoms with E-state index in [-0.39, 0.29) is 22.9 Å². The van der Waals surface area contributed by atoms with E-state index in [0.29, 0.717) is 31.6 Å². The highest BCUT2D eigenvalue weighted by Gasteiger charge is 2.50. The second-order valence-electron chi connectivity index (χ2n) is 9.93. The molecular formula is C27H27ClFN5O3S. The summed E-state index contributed by atoms with van der Waals surface area (Å²) in [5.41, 5.74) is 0.956. The minimum absolute atomic E-state index is 0.00765. The van der Waals surface area contributed by atoms with E-state index >= 15 is 0 Å². The van der Waals surface area contributed by atoms with E-state index in [1.807, 2.05) is 43.3 Å². The number of nitrogens with zero attached hydrogens (tertiary/aromatic N) is 4. The van der Waals surface area contributed by atoms with Crippen LogP contribution in [0.5, 0.6) is 0 Å². The molecule has 2 fully saturated rings. The number of aromatic nitrogens is 2. The van der Waals surface area contributed by atoms with Gasteiger partial charge in [-0.15, -0.1) is 0 Å². The fourth-order valence-corrected chi connectivity index (χ4v) is 7.16. The SMILES string of the molecule is Cc1cc(N2CC(S(=O)(=O)c3ccc(F)cc3Cl)CC2C(=O)NC2(C#N)CC2)n(CCc2ccccc2)n1. The molecule has 0 bridgehead atoms. The van der Waals surface area contributed by atoms with Crippen molar-refractivity contribution in [2.45, 2.75) is 60.9 Å². The van der Waals surface area contributed by atoms with Gasteiger partial charge in [-0.25, -0.2) is 17.5 Å². The van der Waals surface area contributed by atoms with Crippen molar-refractivity contribution in [2.24, 2.45) is 0 Å². The zero-order valence-electron chi connectivity index (χ0n) is 20.8. The number of sulfone groups is 1. The van der Waals surface area contributed by atoms with E-state index in [2.05, 4.69) is 16.5 Å². The molecule has 8 nitrogen and oxygen atoms in total. The highest BCUT2D eigenvalue weighted by Crippen LogP contribution is 2.38. The first-order chi connectivity index (χ1) is 18.1. The van der Waals surface area contributed by atoms with Crippen LogP contribution < -0.4 is 10.2 Å². The third kappa shape index (κ3) is 5.13. The fraction of sp³-hybridized carbons (Fsp3) is 0.370. The molecule has 3 aromatic rings. The molecule has 0 radical (unpaired) electrons. The molecule has 2 atom stereocenters. The quantitative estimate of drug-likeness (QED) is 0.423. The minimum Gasteiger partial charge on any atom is -0.343 e. The van der Waals surface area contributed by atoms with Gasteiger partial charge in [0.15, 0.2) is 9.84 Å². The van der Waals surface area contributed by atoms with Crippen molar-refractivity contribution in [3.63, 3.8) is 0 Å². The third-order valence-corrected chi connectivity index (χ3v) is 9.77. The summed E-state index contributed by atoms with van der Waals surface area (Å²) in [7, 11) is -4.00. The van der Waals surface area contributed by atoms with Gasteiger partial charge < -0.3 is 10.2 Å². The standard InChI is InChI=1S/C27H27ClFN5O3S/c1-18-13-25(34(32-18)12-9-19-5-3-2-4-6-19)33-16-21(15-23(33)26(35)31-27(17-30)10-11-27)38(36,37)24-8-7-20(29)14-22(24)28/h2-8,13-14,21,23H,9-12,15-16H2,1H3,(H,31,35). The summed E-state index contributed by atoms with van der Waals surface area (Å²) in [5, 5.41) is 15.8. The summed E-state index contributed by atoms with van der Waals surface area (Å²) in [5.74, 6) is -0.410. The molecule has 1 aromatic heterocycles. The Morgan fingerprint density at radius 1 is 1.24 bits per heavy atom. The number of aryl methyl sites for hydroxylation is 3. The lowest BCUT2D eigenvalue weighted by molar-refractivity contribution is -0.122. The Morgan fingerprint density at radius 2 is 1.97 bits per heavy atom. The van der Waals surface area contributed by atoms with Gasteiger partial charge in [0.1, 0.15) is 23.2 Å². The number of carbonyl (C=O) groups excluding carboxylic acids is 1. The molecule has 1 aliphatic heterocycles.